The summed E-state index contributed by atoms with van der Waals surface area (Å²) in [4.78, 5) is 0. The first-order valence-electron chi connectivity index (χ1n) is 7.88. The Kier molecular flexibility index (Phi) is 5.68. The molecule has 1 heterocycles. The normalized spacial score (nSPS) is 10.7. The maximum Gasteiger partial charge on any atom is 0.192 e. The number of halogens is 2. The van der Waals surface area contributed by atoms with Gasteiger partial charge in [0.2, 0.25) is 0 Å². The van der Waals surface area contributed by atoms with Crippen molar-refractivity contribution in [1.29, 1.82) is 0 Å². The minimum atomic E-state index is -0.569. The van der Waals surface area contributed by atoms with E-state index in [1.54, 1.807) is 13.2 Å². The zero-order valence-electron chi connectivity index (χ0n) is 14.2. The molecule has 0 N–H and O–H groups in total. The third-order valence-corrected chi connectivity index (χ3v) is 4.76. The fourth-order valence-electron chi connectivity index (χ4n) is 2.47. The molecule has 2 aromatic carbocycles. The number of rotatable bonds is 7. The summed E-state index contributed by atoms with van der Waals surface area (Å²) in [6.45, 7) is 4.24. The van der Waals surface area contributed by atoms with Crippen LogP contribution in [0.1, 0.15) is 5.56 Å². The molecule has 7 heteroatoms. The van der Waals surface area contributed by atoms with Crippen molar-refractivity contribution in [2.75, 3.05) is 7.11 Å². The summed E-state index contributed by atoms with van der Waals surface area (Å²) in [5.41, 5.74) is 0.858. The average molecular weight is 373 g/mol. The van der Waals surface area contributed by atoms with Gasteiger partial charge in [-0.15, -0.1) is 16.8 Å². The molecule has 0 saturated heterocycles. The lowest BCUT2D eigenvalue weighted by atomic mass is 10.2. The molecule has 0 fully saturated rings. The predicted octanol–water partition coefficient (Wildman–Crippen LogP) is 4.71. The van der Waals surface area contributed by atoms with Crippen LogP contribution in [0.4, 0.5) is 8.78 Å². The quantitative estimate of drug-likeness (QED) is 0.444. The molecule has 0 radical (unpaired) electrons. The van der Waals surface area contributed by atoms with Crippen LogP contribution in [0.15, 0.2) is 60.3 Å². The minimum Gasteiger partial charge on any atom is -0.497 e. The smallest absolute Gasteiger partial charge is 0.192 e. The van der Waals surface area contributed by atoms with Crippen LogP contribution in [0.3, 0.4) is 0 Å². The van der Waals surface area contributed by atoms with Crippen molar-refractivity contribution in [3.8, 4) is 17.1 Å². The number of allylic oxidation sites excluding steroid dienone is 1. The molecule has 0 atom stereocenters. The second-order valence-electron chi connectivity index (χ2n) is 5.43. The van der Waals surface area contributed by atoms with E-state index < -0.39 is 11.6 Å². The highest BCUT2D eigenvalue weighted by molar-refractivity contribution is 7.98. The Hall–Kier alpha value is -2.67. The number of nitrogens with zero attached hydrogens (tertiary/aromatic N) is 3. The number of hydrogen-bond donors (Lipinski definition) is 0. The van der Waals surface area contributed by atoms with Crippen molar-refractivity contribution in [2.45, 2.75) is 17.5 Å². The molecule has 0 aliphatic rings. The highest BCUT2D eigenvalue weighted by Crippen LogP contribution is 2.29. The fraction of sp³-hybridized carbons (Fsp3) is 0.158. The van der Waals surface area contributed by atoms with Crippen LogP contribution in [0, 0.1) is 11.6 Å². The number of methoxy groups -OCH3 is 1. The molecule has 3 aromatic rings. The summed E-state index contributed by atoms with van der Waals surface area (Å²) in [6.07, 6.45) is 1.72. The molecule has 134 valence electrons. The van der Waals surface area contributed by atoms with E-state index in [0.29, 0.717) is 23.3 Å². The summed E-state index contributed by atoms with van der Waals surface area (Å²) in [5, 5.41) is 8.98. The van der Waals surface area contributed by atoms with Crippen molar-refractivity contribution in [3.63, 3.8) is 0 Å². The number of thioether (sulfide) groups is 1. The zero-order valence-corrected chi connectivity index (χ0v) is 15.0. The van der Waals surface area contributed by atoms with Crippen LogP contribution in [-0.2, 0) is 12.3 Å². The Morgan fingerprint density at radius 3 is 2.58 bits per heavy atom. The van der Waals surface area contributed by atoms with Gasteiger partial charge in [0, 0.05) is 23.4 Å². The number of benzene rings is 2. The molecule has 0 aliphatic carbocycles. The lowest BCUT2D eigenvalue weighted by Gasteiger charge is -2.09. The van der Waals surface area contributed by atoms with E-state index in [1.165, 1.54) is 30.0 Å². The SMILES string of the molecule is C=CCn1c(SCc2c(F)cccc2F)nnc1-c1cccc(OC)c1. The number of hydrogen-bond acceptors (Lipinski definition) is 4. The predicted molar refractivity (Wildman–Crippen MR) is 98.1 cm³/mol. The first kappa shape index (κ1) is 18.1. The molecule has 26 heavy (non-hydrogen) atoms. The largest absolute Gasteiger partial charge is 0.497 e. The van der Waals surface area contributed by atoms with Crippen molar-refractivity contribution >= 4 is 11.8 Å². The van der Waals surface area contributed by atoms with Gasteiger partial charge in [-0.1, -0.05) is 36.0 Å². The molecule has 0 amide bonds. The highest BCUT2D eigenvalue weighted by Gasteiger charge is 2.16. The molecule has 3 rings (SSSR count). The Balaban J connectivity index is 1.91. The van der Waals surface area contributed by atoms with Gasteiger partial charge in [0.1, 0.15) is 17.4 Å². The van der Waals surface area contributed by atoms with Gasteiger partial charge in [-0.25, -0.2) is 8.78 Å². The third-order valence-electron chi connectivity index (χ3n) is 3.76. The first-order chi connectivity index (χ1) is 12.6. The molecule has 0 saturated carbocycles. The van der Waals surface area contributed by atoms with Gasteiger partial charge in [-0.2, -0.15) is 0 Å². The van der Waals surface area contributed by atoms with Gasteiger partial charge in [0.15, 0.2) is 11.0 Å². The van der Waals surface area contributed by atoms with Crippen LogP contribution in [0.5, 0.6) is 5.75 Å². The molecule has 4 nitrogen and oxygen atoms in total. The van der Waals surface area contributed by atoms with E-state index >= 15 is 0 Å². The van der Waals surface area contributed by atoms with Crippen LogP contribution in [0.25, 0.3) is 11.4 Å². The Morgan fingerprint density at radius 1 is 1.15 bits per heavy atom. The summed E-state index contributed by atoms with van der Waals surface area (Å²) in [7, 11) is 1.60. The molecule has 0 spiro atoms. The van der Waals surface area contributed by atoms with Crippen LogP contribution in [-0.4, -0.2) is 21.9 Å². The molecular formula is C19H17F2N3OS. The van der Waals surface area contributed by atoms with E-state index in [-0.39, 0.29) is 11.3 Å². The van der Waals surface area contributed by atoms with E-state index in [4.69, 9.17) is 4.74 Å². The maximum atomic E-state index is 13.8. The van der Waals surface area contributed by atoms with Gasteiger partial charge < -0.3 is 4.74 Å². The van der Waals surface area contributed by atoms with Crippen LogP contribution < -0.4 is 4.74 Å². The van der Waals surface area contributed by atoms with Gasteiger partial charge in [-0.05, 0) is 24.3 Å². The van der Waals surface area contributed by atoms with Crippen molar-refractivity contribution in [3.05, 3.63) is 72.3 Å². The molecule has 0 bridgehead atoms. The van der Waals surface area contributed by atoms with Crippen molar-refractivity contribution in [1.82, 2.24) is 14.8 Å². The highest BCUT2D eigenvalue weighted by atomic mass is 32.2. The second kappa shape index (κ2) is 8.14. The Morgan fingerprint density at radius 2 is 1.88 bits per heavy atom. The molecule has 0 aliphatic heterocycles. The Labute approximate surface area is 154 Å². The monoisotopic (exact) mass is 373 g/mol. The molecule has 1 aromatic heterocycles. The average Bonchev–Trinajstić information content (AvgIpc) is 3.04. The van der Waals surface area contributed by atoms with E-state index in [9.17, 15) is 8.78 Å². The summed E-state index contributed by atoms with van der Waals surface area (Å²) >= 11 is 1.22. The van der Waals surface area contributed by atoms with E-state index in [0.717, 1.165) is 5.56 Å². The van der Waals surface area contributed by atoms with E-state index in [1.807, 2.05) is 28.8 Å². The Bertz CT molecular complexity index is 907. The number of ether oxygens (including phenoxy) is 1. The van der Waals surface area contributed by atoms with Gasteiger partial charge in [-0.3, -0.25) is 4.57 Å². The van der Waals surface area contributed by atoms with Gasteiger partial charge in [0.05, 0.1) is 7.11 Å². The maximum absolute atomic E-state index is 13.8. The van der Waals surface area contributed by atoms with Gasteiger partial charge in [0.25, 0.3) is 0 Å². The summed E-state index contributed by atoms with van der Waals surface area (Å²) in [5.74, 6) is 0.325. The van der Waals surface area contributed by atoms with Crippen molar-refractivity contribution in [2.24, 2.45) is 0 Å². The standard InChI is InChI=1S/C19H17F2N3OS/c1-3-10-24-18(13-6-4-7-14(11-13)25-2)22-23-19(24)26-12-15-16(20)8-5-9-17(15)21/h3-9,11H,1,10,12H2,2H3. The van der Waals surface area contributed by atoms with Crippen LogP contribution >= 0.6 is 11.8 Å². The lowest BCUT2D eigenvalue weighted by molar-refractivity contribution is 0.415. The number of aromatic nitrogens is 3. The van der Waals surface area contributed by atoms with Crippen LogP contribution in [0.2, 0.25) is 0 Å². The molecule has 0 unspecified atom stereocenters. The van der Waals surface area contributed by atoms with E-state index in [2.05, 4.69) is 16.8 Å². The topological polar surface area (TPSA) is 39.9 Å². The first-order valence-corrected chi connectivity index (χ1v) is 8.86. The second-order valence-corrected chi connectivity index (χ2v) is 6.37. The van der Waals surface area contributed by atoms with Crippen molar-refractivity contribution < 1.29 is 13.5 Å². The lowest BCUT2D eigenvalue weighted by Crippen LogP contribution is -2.01. The van der Waals surface area contributed by atoms with Gasteiger partial charge >= 0.3 is 0 Å². The molecular weight excluding hydrogens is 356 g/mol. The fourth-order valence-corrected chi connectivity index (χ4v) is 3.44. The summed E-state index contributed by atoms with van der Waals surface area (Å²) < 4.78 is 34.8. The third kappa shape index (κ3) is 3.77. The zero-order chi connectivity index (χ0) is 18.5. The summed E-state index contributed by atoms with van der Waals surface area (Å²) in [6, 6.07) is 11.3. The minimum absolute atomic E-state index is 0.0218.